The lowest BCUT2D eigenvalue weighted by Gasteiger charge is -2.21. The van der Waals surface area contributed by atoms with Crippen molar-refractivity contribution in [3.8, 4) is 5.69 Å². The van der Waals surface area contributed by atoms with Crippen molar-refractivity contribution in [2.45, 2.75) is 46.3 Å². The van der Waals surface area contributed by atoms with Crippen molar-refractivity contribution in [3.05, 3.63) is 41.7 Å². The second-order valence-corrected chi connectivity index (χ2v) is 7.00. The van der Waals surface area contributed by atoms with Gasteiger partial charge in [0.2, 0.25) is 0 Å². The number of urea groups is 1. The van der Waals surface area contributed by atoms with Crippen molar-refractivity contribution in [3.63, 3.8) is 0 Å². The van der Waals surface area contributed by atoms with Crippen LogP contribution in [0.15, 0.2) is 30.3 Å². The molecule has 2 aromatic rings. The zero-order chi connectivity index (χ0) is 20.2. The van der Waals surface area contributed by atoms with Crippen LogP contribution in [0.25, 0.3) is 5.69 Å². The summed E-state index contributed by atoms with van der Waals surface area (Å²) in [7, 11) is 0. The van der Waals surface area contributed by atoms with Gasteiger partial charge in [-0.3, -0.25) is 10.1 Å². The van der Waals surface area contributed by atoms with Crippen LogP contribution in [0.2, 0.25) is 0 Å². The lowest BCUT2D eigenvalue weighted by atomic mass is 10.1. The third kappa shape index (κ3) is 5.63. The Morgan fingerprint density at radius 1 is 1.11 bits per heavy atom. The molecule has 0 aliphatic heterocycles. The van der Waals surface area contributed by atoms with E-state index in [2.05, 4.69) is 20.8 Å². The number of carbonyl (C=O) groups excluding carboxylic acids is 3. The van der Waals surface area contributed by atoms with Crippen LogP contribution in [0.5, 0.6) is 0 Å². The maximum atomic E-state index is 12.3. The van der Waals surface area contributed by atoms with E-state index in [4.69, 9.17) is 4.74 Å². The summed E-state index contributed by atoms with van der Waals surface area (Å²) in [6, 6.07) is 8.41. The first-order valence-corrected chi connectivity index (χ1v) is 8.40. The summed E-state index contributed by atoms with van der Waals surface area (Å²) in [5.41, 5.74) is 0.543. The van der Waals surface area contributed by atoms with Crippen LogP contribution in [-0.2, 0) is 9.53 Å². The van der Waals surface area contributed by atoms with Crippen LogP contribution < -0.4 is 10.6 Å². The Labute approximate surface area is 157 Å². The van der Waals surface area contributed by atoms with E-state index >= 15 is 0 Å². The molecule has 1 aromatic carbocycles. The molecule has 0 saturated carbocycles. The molecule has 2 N–H and O–H groups in total. The largest absolute Gasteiger partial charge is 0.448 e. The molecule has 9 nitrogen and oxygen atoms in total. The Hall–Kier alpha value is -3.23. The Morgan fingerprint density at radius 2 is 1.74 bits per heavy atom. The molecular weight excluding hydrogens is 350 g/mol. The molecule has 0 aliphatic rings. The maximum absolute atomic E-state index is 12.3. The number of aryl methyl sites for hydroxylation is 1. The van der Waals surface area contributed by atoms with Crippen LogP contribution >= 0.6 is 0 Å². The number of hydrogen-bond acceptors (Lipinski definition) is 6. The Balaban J connectivity index is 2.01. The van der Waals surface area contributed by atoms with Gasteiger partial charge in [-0.1, -0.05) is 18.2 Å². The number of hydrogen-bond donors (Lipinski definition) is 2. The molecule has 2 rings (SSSR count). The first-order valence-electron chi connectivity index (χ1n) is 8.40. The fourth-order valence-electron chi connectivity index (χ4n) is 2.10. The summed E-state index contributed by atoms with van der Waals surface area (Å²) < 4.78 is 5.11. The van der Waals surface area contributed by atoms with Crippen molar-refractivity contribution < 1.29 is 19.1 Å². The predicted molar refractivity (Wildman–Crippen MR) is 97.4 cm³/mol. The first-order chi connectivity index (χ1) is 12.6. The topological polar surface area (TPSA) is 115 Å². The van der Waals surface area contributed by atoms with Gasteiger partial charge >= 0.3 is 12.0 Å². The number of nitrogens with one attached hydrogen (secondary N) is 2. The molecule has 0 aliphatic carbocycles. The predicted octanol–water partition coefficient (Wildman–Crippen LogP) is 1.75. The van der Waals surface area contributed by atoms with Crippen molar-refractivity contribution in [2.24, 2.45) is 0 Å². The van der Waals surface area contributed by atoms with Gasteiger partial charge < -0.3 is 10.1 Å². The zero-order valence-corrected chi connectivity index (χ0v) is 15.9. The van der Waals surface area contributed by atoms with Gasteiger partial charge in [0.15, 0.2) is 11.8 Å². The maximum Gasteiger partial charge on any atom is 0.361 e. The third-order valence-electron chi connectivity index (χ3n) is 3.34. The molecule has 27 heavy (non-hydrogen) atoms. The lowest BCUT2D eigenvalue weighted by molar-refractivity contribution is -0.127. The van der Waals surface area contributed by atoms with Gasteiger partial charge in [-0.25, -0.2) is 9.59 Å². The van der Waals surface area contributed by atoms with E-state index in [0.717, 1.165) is 0 Å². The van der Waals surface area contributed by atoms with Crippen molar-refractivity contribution in [1.82, 2.24) is 25.6 Å². The lowest BCUT2D eigenvalue weighted by Crippen LogP contribution is -2.50. The SMILES string of the molecule is Cc1nn(-c2ccccc2)nc1C(=O)O[C@@H](C)C(=O)NC(=O)NC(C)(C)C. The van der Waals surface area contributed by atoms with Crippen molar-refractivity contribution >= 4 is 17.9 Å². The van der Waals surface area contributed by atoms with E-state index in [1.54, 1.807) is 39.8 Å². The van der Waals surface area contributed by atoms with Gasteiger partial charge in [-0.05, 0) is 46.8 Å². The second kappa shape index (κ2) is 7.98. The average Bonchev–Trinajstić information content (AvgIpc) is 2.95. The average molecular weight is 373 g/mol. The number of amides is 3. The van der Waals surface area contributed by atoms with Gasteiger partial charge in [-0.2, -0.15) is 9.90 Å². The monoisotopic (exact) mass is 373 g/mol. The van der Waals surface area contributed by atoms with E-state index in [-0.39, 0.29) is 5.69 Å². The number of carbonyl (C=O) groups is 3. The number of imide groups is 1. The molecule has 1 atom stereocenters. The molecule has 0 unspecified atom stereocenters. The van der Waals surface area contributed by atoms with Crippen LogP contribution in [0, 0.1) is 6.92 Å². The minimum atomic E-state index is -1.18. The molecule has 0 bridgehead atoms. The normalized spacial score (nSPS) is 12.2. The molecule has 1 aromatic heterocycles. The van der Waals surface area contributed by atoms with Crippen LogP contribution in [0.1, 0.15) is 43.9 Å². The third-order valence-corrected chi connectivity index (χ3v) is 3.34. The number of ether oxygens (including phenoxy) is 1. The molecule has 0 fully saturated rings. The standard InChI is InChI=1S/C18H23N5O4/c1-11-14(22-23(21-11)13-9-7-6-8-10-13)16(25)27-12(2)15(24)19-17(26)20-18(3,4)5/h6-10,12H,1-5H3,(H2,19,20,24,26)/t12-/m0/s1. The highest BCUT2D eigenvalue weighted by Gasteiger charge is 2.25. The van der Waals surface area contributed by atoms with Gasteiger partial charge in [0, 0.05) is 5.54 Å². The summed E-state index contributed by atoms with van der Waals surface area (Å²) in [5.74, 6) is -1.54. The zero-order valence-electron chi connectivity index (χ0n) is 15.9. The smallest absolute Gasteiger partial charge is 0.361 e. The van der Waals surface area contributed by atoms with Gasteiger partial charge in [-0.15, -0.1) is 5.10 Å². The van der Waals surface area contributed by atoms with E-state index in [0.29, 0.717) is 11.4 Å². The van der Waals surface area contributed by atoms with E-state index in [9.17, 15) is 14.4 Å². The Kier molecular flexibility index (Phi) is 5.94. The summed E-state index contributed by atoms with van der Waals surface area (Å²) in [6.45, 7) is 8.32. The molecule has 0 saturated heterocycles. The van der Waals surface area contributed by atoms with E-state index < -0.39 is 29.6 Å². The minimum absolute atomic E-state index is 0.00218. The number of para-hydroxylation sites is 1. The molecule has 144 valence electrons. The molecule has 3 amide bonds. The van der Waals surface area contributed by atoms with Crippen molar-refractivity contribution in [1.29, 1.82) is 0 Å². The molecule has 9 heteroatoms. The number of nitrogens with zero attached hydrogens (tertiary/aromatic N) is 3. The van der Waals surface area contributed by atoms with E-state index in [1.807, 2.05) is 18.2 Å². The second-order valence-electron chi connectivity index (χ2n) is 7.00. The minimum Gasteiger partial charge on any atom is -0.448 e. The number of rotatable bonds is 4. The number of benzene rings is 1. The molecule has 1 heterocycles. The van der Waals surface area contributed by atoms with Crippen LogP contribution in [-0.4, -0.2) is 44.5 Å². The highest BCUT2D eigenvalue weighted by molar-refractivity contribution is 5.98. The van der Waals surface area contributed by atoms with E-state index in [1.165, 1.54) is 11.7 Å². The fourth-order valence-corrected chi connectivity index (χ4v) is 2.10. The molecule has 0 radical (unpaired) electrons. The summed E-state index contributed by atoms with van der Waals surface area (Å²) in [5, 5.41) is 13.0. The summed E-state index contributed by atoms with van der Waals surface area (Å²) in [6.07, 6.45) is -1.18. The van der Waals surface area contributed by atoms with Gasteiger partial charge in [0.1, 0.15) is 0 Å². The number of aromatic nitrogens is 3. The molecule has 0 spiro atoms. The Morgan fingerprint density at radius 3 is 2.33 bits per heavy atom. The van der Waals surface area contributed by atoms with Gasteiger partial charge in [0.25, 0.3) is 5.91 Å². The molecular formula is C18H23N5O4. The summed E-state index contributed by atoms with van der Waals surface area (Å²) in [4.78, 5) is 37.4. The summed E-state index contributed by atoms with van der Waals surface area (Å²) >= 11 is 0. The highest BCUT2D eigenvalue weighted by atomic mass is 16.5. The highest BCUT2D eigenvalue weighted by Crippen LogP contribution is 2.10. The number of esters is 1. The fraction of sp³-hybridized carbons (Fsp3) is 0.389. The quantitative estimate of drug-likeness (QED) is 0.789. The van der Waals surface area contributed by atoms with Gasteiger partial charge in [0.05, 0.1) is 11.4 Å². The Bertz CT molecular complexity index is 839. The van der Waals surface area contributed by atoms with Crippen molar-refractivity contribution in [2.75, 3.05) is 0 Å². The first kappa shape index (κ1) is 20.1. The van der Waals surface area contributed by atoms with Crippen LogP contribution in [0.3, 0.4) is 0 Å². The van der Waals surface area contributed by atoms with Crippen LogP contribution in [0.4, 0.5) is 4.79 Å².